The Balaban J connectivity index is 2.79. The maximum absolute atomic E-state index is 11.9. The second-order valence-electron chi connectivity index (χ2n) is 4.35. The van der Waals surface area contributed by atoms with Gasteiger partial charge >= 0.3 is 0 Å². The maximum Gasteiger partial charge on any atom is 0.257 e. The van der Waals surface area contributed by atoms with E-state index in [-0.39, 0.29) is 12.0 Å². The number of nitrogens with one attached hydrogen (secondary N) is 1. The number of nitrogens with zero attached hydrogens (tertiary/aromatic N) is 1. The van der Waals surface area contributed by atoms with Crippen LogP contribution in [0.3, 0.4) is 0 Å². The second-order valence-corrected chi connectivity index (χ2v) is 4.35. The number of rotatable bonds is 5. The van der Waals surface area contributed by atoms with Crippen molar-refractivity contribution in [3.63, 3.8) is 0 Å². The van der Waals surface area contributed by atoms with Crippen LogP contribution in [0.1, 0.15) is 27.2 Å². The summed E-state index contributed by atoms with van der Waals surface area (Å²) < 4.78 is 4.77. The summed E-state index contributed by atoms with van der Waals surface area (Å²) in [6, 6.07) is -1.03. The Morgan fingerprint density at radius 1 is 1.58 bits per heavy atom. The first-order valence-corrected chi connectivity index (χ1v) is 5.91. The highest BCUT2D eigenvalue weighted by Crippen LogP contribution is 2.16. The molecular weight excluding hydrogens is 252 g/mol. The van der Waals surface area contributed by atoms with E-state index in [1.165, 1.54) is 27.0 Å². The van der Waals surface area contributed by atoms with Gasteiger partial charge in [0.1, 0.15) is 6.04 Å². The molecule has 1 aliphatic heterocycles. The number of methoxy groups -OCH3 is 1. The van der Waals surface area contributed by atoms with Crippen LogP contribution in [-0.2, 0) is 19.1 Å². The highest BCUT2D eigenvalue weighted by atomic mass is 16.6. The smallest absolute Gasteiger partial charge is 0.257 e. The topological polar surface area (TPSA) is 95.9 Å². The molecule has 0 saturated carbocycles. The van der Waals surface area contributed by atoms with Crippen molar-refractivity contribution in [1.82, 2.24) is 10.2 Å². The molecule has 7 nitrogen and oxygen atoms in total. The van der Waals surface area contributed by atoms with Crippen LogP contribution in [0.4, 0.5) is 0 Å². The van der Waals surface area contributed by atoms with Crippen molar-refractivity contribution in [3.05, 3.63) is 11.6 Å². The zero-order valence-corrected chi connectivity index (χ0v) is 11.4. The highest BCUT2D eigenvalue weighted by molar-refractivity contribution is 6.17. The average molecular weight is 270 g/mol. The largest absolute Gasteiger partial charge is 0.349 e. The van der Waals surface area contributed by atoms with E-state index in [0.717, 1.165) is 4.90 Å². The zero-order chi connectivity index (χ0) is 14.8. The number of ether oxygens (including phenoxy) is 1. The number of amides is 3. The van der Waals surface area contributed by atoms with E-state index < -0.39 is 29.7 Å². The van der Waals surface area contributed by atoms with Crippen LogP contribution in [0.15, 0.2) is 11.6 Å². The number of aliphatic hydroxyl groups is 1. The fourth-order valence-corrected chi connectivity index (χ4v) is 1.67. The average Bonchev–Trinajstić information content (AvgIpc) is 2.62. The molecule has 2 unspecified atom stereocenters. The minimum atomic E-state index is -1.81. The van der Waals surface area contributed by atoms with Gasteiger partial charge in [-0.2, -0.15) is 0 Å². The first-order chi connectivity index (χ1) is 8.75. The monoisotopic (exact) mass is 270 g/mol. The van der Waals surface area contributed by atoms with Gasteiger partial charge in [0, 0.05) is 25.2 Å². The predicted octanol–water partition coefficient (Wildman–Crippen LogP) is -0.491. The van der Waals surface area contributed by atoms with Crippen molar-refractivity contribution in [2.24, 2.45) is 0 Å². The molecule has 1 aliphatic rings. The summed E-state index contributed by atoms with van der Waals surface area (Å²) in [5, 5.41) is 12.1. The van der Waals surface area contributed by atoms with E-state index >= 15 is 0 Å². The molecule has 1 rings (SSSR count). The molecule has 0 aromatic heterocycles. The lowest BCUT2D eigenvalue weighted by molar-refractivity contribution is -0.211. The lowest BCUT2D eigenvalue weighted by atomic mass is 10.2. The normalized spacial score (nSPS) is 20.1. The van der Waals surface area contributed by atoms with E-state index in [4.69, 9.17) is 4.74 Å². The van der Waals surface area contributed by atoms with Crippen LogP contribution in [0, 0.1) is 0 Å². The molecule has 2 atom stereocenters. The highest BCUT2D eigenvalue weighted by Gasteiger charge is 2.38. The van der Waals surface area contributed by atoms with Gasteiger partial charge in [0.05, 0.1) is 0 Å². The Hall–Kier alpha value is -1.73. The third-order valence-electron chi connectivity index (χ3n) is 3.04. The third kappa shape index (κ3) is 2.99. The zero-order valence-electron chi connectivity index (χ0n) is 11.4. The minimum absolute atomic E-state index is 0.126. The van der Waals surface area contributed by atoms with Crippen molar-refractivity contribution in [2.75, 3.05) is 7.11 Å². The molecule has 3 amide bonds. The van der Waals surface area contributed by atoms with Gasteiger partial charge in [-0.1, -0.05) is 6.92 Å². The minimum Gasteiger partial charge on any atom is -0.349 e. The van der Waals surface area contributed by atoms with Crippen LogP contribution >= 0.6 is 0 Å². The molecule has 0 saturated heterocycles. The quantitative estimate of drug-likeness (QED) is 0.519. The fraction of sp³-hybridized carbons (Fsp3) is 0.583. The number of hydrogen-bond acceptors (Lipinski definition) is 5. The molecule has 2 N–H and O–H groups in total. The number of hydrogen-bond donors (Lipinski definition) is 2. The van der Waals surface area contributed by atoms with Gasteiger partial charge in [0.2, 0.25) is 11.8 Å². The van der Waals surface area contributed by atoms with E-state index in [9.17, 15) is 19.5 Å². The molecular formula is C12H18N2O5. The Kier molecular flexibility index (Phi) is 4.43. The Bertz CT molecular complexity index is 439. The van der Waals surface area contributed by atoms with Crippen LogP contribution in [0.25, 0.3) is 0 Å². The molecule has 0 radical (unpaired) electrons. The van der Waals surface area contributed by atoms with Gasteiger partial charge in [-0.3, -0.25) is 19.3 Å². The molecule has 106 valence electrons. The molecule has 0 bridgehead atoms. The summed E-state index contributed by atoms with van der Waals surface area (Å²) in [4.78, 5) is 36.1. The first-order valence-electron chi connectivity index (χ1n) is 5.91. The Labute approximate surface area is 111 Å². The summed E-state index contributed by atoms with van der Waals surface area (Å²) in [6.07, 6.45) is 1.30. The fourth-order valence-electron chi connectivity index (χ4n) is 1.67. The number of carbonyl (C=O) groups is 3. The molecule has 0 fully saturated rings. The summed E-state index contributed by atoms with van der Waals surface area (Å²) in [7, 11) is 1.24. The third-order valence-corrected chi connectivity index (χ3v) is 3.04. The van der Waals surface area contributed by atoms with E-state index in [1.54, 1.807) is 6.92 Å². The summed E-state index contributed by atoms with van der Waals surface area (Å²) >= 11 is 0. The lowest BCUT2D eigenvalue weighted by Gasteiger charge is -2.29. The van der Waals surface area contributed by atoms with Crippen LogP contribution in [-0.4, -0.2) is 46.8 Å². The van der Waals surface area contributed by atoms with Crippen LogP contribution in [0.5, 0.6) is 0 Å². The maximum atomic E-state index is 11.9. The second kappa shape index (κ2) is 5.50. The Morgan fingerprint density at radius 3 is 2.53 bits per heavy atom. The van der Waals surface area contributed by atoms with Gasteiger partial charge in [-0.15, -0.1) is 0 Å². The summed E-state index contributed by atoms with van der Waals surface area (Å²) in [5.74, 6) is -3.52. The molecule has 0 spiro atoms. The van der Waals surface area contributed by atoms with E-state index in [1.807, 2.05) is 0 Å². The van der Waals surface area contributed by atoms with Gasteiger partial charge in [-0.25, -0.2) is 0 Å². The summed E-state index contributed by atoms with van der Waals surface area (Å²) in [5.41, 5.74) is 0.280. The molecule has 1 heterocycles. The van der Waals surface area contributed by atoms with Gasteiger partial charge in [0.25, 0.3) is 11.8 Å². The predicted molar refractivity (Wildman–Crippen MR) is 65.5 cm³/mol. The lowest BCUT2D eigenvalue weighted by Crippen LogP contribution is -2.56. The Morgan fingerprint density at radius 2 is 2.16 bits per heavy atom. The SMILES string of the molecule is CCC(O)(NC(=O)C(C)N1C(=O)C=C(C)C1=O)OC. The van der Waals surface area contributed by atoms with E-state index in [0.29, 0.717) is 0 Å². The van der Waals surface area contributed by atoms with E-state index in [2.05, 4.69) is 5.32 Å². The van der Waals surface area contributed by atoms with Crippen molar-refractivity contribution in [3.8, 4) is 0 Å². The molecule has 19 heavy (non-hydrogen) atoms. The van der Waals surface area contributed by atoms with Crippen molar-refractivity contribution in [2.45, 2.75) is 39.1 Å². The first kappa shape index (κ1) is 15.3. The molecule has 0 aliphatic carbocycles. The van der Waals surface area contributed by atoms with Crippen LogP contribution in [0.2, 0.25) is 0 Å². The van der Waals surface area contributed by atoms with Gasteiger partial charge < -0.3 is 15.2 Å². The van der Waals surface area contributed by atoms with Crippen molar-refractivity contribution < 1.29 is 24.2 Å². The van der Waals surface area contributed by atoms with Gasteiger partial charge in [0.15, 0.2) is 0 Å². The standard InChI is InChI=1S/C12H18N2O5/c1-5-12(18,19-4)13-10(16)8(3)14-9(15)6-7(2)11(14)17/h6,8,18H,5H2,1-4H3,(H,13,16). The summed E-state index contributed by atoms with van der Waals surface area (Å²) in [6.45, 7) is 4.53. The number of imide groups is 1. The molecule has 0 aromatic carbocycles. The molecule has 7 heteroatoms. The molecule has 0 aromatic rings. The number of carbonyl (C=O) groups excluding carboxylic acids is 3. The van der Waals surface area contributed by atoms with Crippen LogP contribution < -0.4 is 5.32 Å². The van der Waals surface area contributed by atoms with Crippen molar-refractivity contribution in [1.29, 1.82) is 0 Å². The van der Waals surface area contributed by atoms with Gasteiger partial charge in [-0.05, 0) is 13.8 Å². The van der Waals surface area contributed by atoms with Crippen molar-refractivity contribution >= 4 is 17.7 Å².